The van der Waals surface area contributed by atoms with E-state index < -0.39 is 20.6 Å². The third-order valence-corrected chi connectivity index (χ3v) is 3.09. The van der Waals surface area contributed by atoms with Gasteiger partial charge in [-0.15, -0.1) is 0 Å². The van der Waals surface area contributed by atoms with Crippen LogP contribution in [-0.4, -0.2) is 22.6 Å². The van der Waals surface area contributed by atoms with Gasteiger partial charge in [0.1, 0.15) is 11.6 Å². The fraction of sp³-hybridized carbons (Fsp3) is 0.400. The Hall–Kier alpha value is -0.850. The van der Waals surface area contributed by atoms with Gasteiger partial charge in [-0.2, -0.15) is 0 Å². The van der Waals surface area contributed by atoms with Crippen LogP contribution in [0.2, 0.25) is 0 Å². The molecule has 0 radical (unpaired) electrons. The van der Waals surface area contributed by atoms with Crippen molar-refractivity contribution in [1.82, 2.24) is 0 Å². The molecule has 1 rings (SSSR count). The fourth-order valence-corrected chi connectivity index (χ4v) is 2.44. The summed E-state index contributed by atoms with van der Waals surface area (Å²) in [5.74, 6) is -0.787. The highest BCUT2D eigenvalue weighted by molar-refractivity contribution is 8.13. The average Bonchev–Trinajstić information content (AvgIpc) is 2.21. The minimum Gasteiger partial charge on any atom is -0.496 e. The Morgan fingerprint density at radius 2 is 2.00 bits per heavy atom. The number of methoxy groups -OCH3 is 2. The minimum absolute atomic E-state index is 0.00875. The molecule has 0 aliphatic carbocycles. The second-order valence-electron chi connectivity index (χ2n) is 3.33. The molecular formula is C10H12ClFO4S. The number of hydrogen-bond acceptors (Lipinski definition) is 4. The smallest absolute Gasteiger partial charge is 0.236 e. The summed E-state index contributed by atoms with van der Waals surface area (Å²) in [5.41, 5.74) is 0.476. The largest absolute Gasteiger partial charge is 0.496 e. The highest BCUT2D eigenvalue weighted by atomic mass is 35.7. The summed E-state index contributed by atoms with van der Waals surface area (Å²) in [7, 11) is 4.17. The zero-order chi connectivity index (χ0) is 13.1. The van der Waals surface area contributed by atoms with Crippen LogP contribution in [0.1, 0.15) is 11.1 Å². The third kappa shape index (κ3) is 3.83. The Bertz CT molecular complexity index is 501. The molecule has 0 fully saturated rings. The van der Waals surface area contributed by atoms with E-state index in [1.54, 1.807) is 0 Å². The molecule has 0 saturated carbocycles. The SMILES string of the molecule is COCc1c(F)ccc(CS(=O)(=O)Cl)c1OC. The van der Waals surface area contributed by atoms with Gasteiger partial charge in [-0.05, 0) is 6.07 Å². The second kappa shape index (κ2) is 5.66. The van der Waals surface area contributed by atoms with E-state index in [9.17, 15) is 12.8 Å². The molecule has 96 valence electrons. The molecule has 0 amide bonds. The maximum absolute atomic E-state index is 13.5. The molecular weight excluding hydrogens is 271 g/mol. The number of ether oxygens (including phenoxy) is 2. The highest BCUT2D eigenvalue weighted by Crippen LogP contribution is 2.29. The van der Waals surface area contributed by atoms with E-state index in [0.29, 0.717) is 5.56 Å². The van der Waals surface area contributed by atoms with Crippen molar-refractivity contribution in [3.05, 3.63) is 29.1 Å². The molecule has 0 unspecified atom stereocenters. The zero-order valence-electron chi connectivity index (χ0n) is 9.37. The van der Waals surface area contributed by atoms with E-state index in [1.807, 2.05) is 0 Å². The molecule has 7 heteroatoms. The molecule has 0 bridgehead atoms. The van der Waals surface area contributed by atoms with Crippen LogP contribution in [0.4, 0.5) is 4.39 Å². The minimum atomic E-state index is -3.73. The Morgan fingerprint density at radius 1 is 1.35 bits per heavy atom. The van der Waals surface area contributed by atoms with Crippen molar-refractivity contribution >= 4 is 19.7 Å². The van der Waals surface area contributed by atoms with Crippen LogP contribution >= 0.6 is 10.7 Å². The van der Waals surface area contributed by atoms with Crippen LogP contribution in [0.15, 0.2) is 12.1 Å². The number of hydrogen-bond donors (Lipinski definition) is 0. The van der Waals surface area contributed by atoms with Gasteiger partial charge in [0.2, 0.25) is 9.05 Å². The first kappa shape index (κ1) is 14.2. The maximum atomic E-state index is 13.5. The number of benzene rings is 1. The molecule has 0 spiro atoms. The lowest BCUT2D eigenvalue weighted by Crippen LogP contribution is -2.04. The van der Waals surface area contributed by atoms with Crippen molar-refractivity contribution in [2.75, 3.05) is 14.2 Å². The van der Waals surface area contributed by atoms with Crippen molar-refractivity contribution in [3.63, 3.8) is 0 Å². The lowest BCUT2D eigenvalue weighted by Gasteiger charge is -2.13. The van der Waals surface area contributed by atoms with Crippen molar-refractivity contribution in [2.45, 2.75) is 12.4 Å². The standard InChI is InChI=1S/C10H12ClFO4S/c1-15-5-8-9(12)4-3-7(10(8)16-2)6-17(11,13)14/h3-4H,5-6H2,1-2H3. The van der Waals surface area contributed by atoms with Crippen LogP contribution in [0, 0.1) is 5.82 Å². The first-order chi connectivity index (χ1) is 7.89. The zero-order valence-corrected chi connectivity index (χ0v) is 10.9. The Labute approximate surface area is 104 Å². The molecule has 17 heavy (non-hydrogen) atoms. The monoisotopic (exact) mass is 282 g/mol. The summed E-state index contributed by atoms with van der Waals surface area (Å²) in [6.45, 7) is -0.00875. The van der Waals surface area contributed by atoms with Crippen molar-refractivity contribution in [2.24, 2.45) is 0 Å². The van der Waals surface area contributed by atoms with E-state index >= 15 is 0 Å². The van der Waals surface area contributed by atoms with Gasteiger partial charge in [0.05, 0.1) is 25.0 Å². The van der Waals surface area contributed by atoms with Crippen LogP contribution < -0.4 is 4.74 Å². The Balaban J connectivity index is 3.27. The predicted octanol–water partition coefficient (Wildman–Crippen LogP) is 2.05. The highest BCUT2D eigenvalue weighted by Gasteiger charge is 2.18. The van der Waals surface area contributed by atoms with E-state index in [0.717, 1.165) is 6.07 Å². The van der Waals surface area contributed by atoms with Gasteiger partial charge >= 0.3 is 0 Å². The van der Waals surface area contributed by atoms with E-state index in [2.05, 4.69) is 0 Å². The van der Waals surface area contributed by atoms with Gasteiger partial charge in [0.15, 0.2) is 0 Å². The Morgan fingerprint density at radius 3 is 2.47 bits per heavy atom. The van der Waals surface area contributed by atoms with E-state index in [-0.39, 0.29) is 17.9 Å². The number of halogens is 2. The molecule has 1 aromatic carbocycles. The lowest BCUT2D eigenvalue weighted by molar-refractivity contribution is 0.177. The first-order valence-electron chi connectivity index (χ1n) is 4.64. The molecule has 0 aliphatic heterocycles. The lowest BCUT2D eigenvalue weighted by atomic mass is 10.1. The topological polar surface area (TPSA) is 52.6 Å². The fourth-order valence-electron chi connectivity index (χ4n) is 1.48. The molecule has 4 nitrogen and oxygen atoms in total. The van der Waals surface area contributed by atoms with Crippen molar-refractivity contribution in [3.8, 4) is 5.75 Å². The molecule has 0 heterocycles. The van der Waals surface area contributed by atoms with E-state index in [4.69, 9.17) is 20.2 Å². The molecule has 0 aromatic heterocycles. The third-order valence-electron chi connectivity index (χ3n) is 2.11. The summed E-state index contributed by atoms with van der Waals surface area (Å²) in [6.07, 6.45) is 0. The number of rotatable bonds is 5. The average molecular weight is 283 g/mol. The van der Waals surface area contributed by atoms with Crippen LogP contribution in [0.3, 0.4) is 0 Å². The summed E-state index contributed by atoms with van der Waals surface area (Å²) in [6, 6.07) is 2.49. The van der Waals surface area contributed by atoms with Gasteiger partial charge in [-0.1, -0.05) is 6.07 Å². The summed E-state index contributed by atoms with van der Waals surface area (Å²) in [4.78, 5) is 0. The summed E-state index contributed by atoms with van der Waals surface area (Å²) >= 11 is 0. The first-order valence-corrected chi connectivity index (χ1v) is 7.12. The van der Waals surface area contributed by atoms with Crippen molar-refractivity contribution < 1.29 is 22.3 Å². The second-order valence-corrected chi connectivity index (χ2v) is 6.11. The molecule has 1 aromatic rings. The molecule has 0 N–H and O–H groups in total. The van der Waals surface area contributed by atoms with Crippen LogP contribution in [-0.2, 0) is 26.1 Å². The predicted molar refractivity (Wildman–Crippen MR) is 62.1 cm³/mol. The van der Waals surface area contributed by atoms with Crippen LogP contribution in [0.5, 0.6) is 5.75 Å². The molecule has 0 atom stereocenters. The van der Waals surface area contributed by atoms with E-state index in [1.165, 1.54) is 20.3 Å². The van der Waals surface area contributed by atoms with Crippen molar-refractivity contribution in [1.29, 1.82) is 0 Å². The van der Waals surface area contributed by atoms with Gasteiger partial charge in [0, 0.05) is 23.4 Å². The van der Waals surface area contributed by atoms with Crippen LogP contribution in [0.25, 0.3) is 0 Å². The normalized spacial score (nSPS) is 11.5. The summed E-state index contributed by atoms with van der Waals surface area (Å²) in [5, 5.41) is 0. The summed E-state index contributed by atoms with van der Waals surface area (Å²) < 4.78 is 45.4. The molecule has 0 aliphatic rings. The van der Waals surface area contributed by atoms with Gasteiger partial charge in [-0.25, -0.2) is 12.8 Å². The van der Waals surface area contributed by atoms with Gasteiger partial charge in [-0.3, -0.25) is 0 Å². The van der Waals surface area contributed by atoms with Gasteiger partial charge < -0.3 is 9.47 Å². The Kier molecular flexibility index (Phi) is 4.73. The molecule has 0 saturated heterocycles. The maximum Gasteiger partial charge on any atom is 0.236 e. The quantitative estimate of drug-likeness (QED) is 0.776. The van der Waals surface area contributed by atoms with Gasteiger partial charge in [0.25, 0.3) is 0 Å².